The topological polar surface area (TPSA) is 68.3 Å². The fourth-order valence-electron chi connectivity index (χ4n) is 14.1. The number of carbonyl (C=O) groups excluding carboxylic acids is 4. The van der Waals surface area contributed by atoms with Crippen LogP contribution in [0.5, 0.6) is 0 Å². The van der Waals surface area contributed by atoms with Crippen LogP contribution in [0.25, 0.3) is 0 Å². The number of unbranched alkanes of at least 4 members (excludes halogenated alkanes) is 28. The number of rotatable bonds is 52. The fourth-order valence-corrected chi connectivity index (χ4v) is 18.7. The van der Waals surface area contributed by atoms with Crippen LogP contribution < -0.4 is 0 Å². The zero-order valence-electron chi connectivity index (χ0n) is 64.7. The summed E-state index contributed by atoms with van der Waals surface area (Å²) in [5, 5.41) is 0. The molecule has 9 aromatic rings. The molecule has 9 heteroatoms. The third-order valence-electron chi connectivity index (χ3n) is 20.6. The van der Waals surface area contributed by atoms with Gasteiger partial charge in [-0.05, 0) is 146 Å². The van der Waals surface area contributed by atoms with Gasteiger partial charge in [0.1, 0.15) is 0 Å². The van der Waals surface area contributed by atoms with Gasteiger partial charge in [-0.3, -0.25) is 19.2 Å². The Kier molecular flexibility index (Phi) is 38.0. The minimum atomic E-state index is -0.155. The molecule has 0 aliphatic heterocycles. The molecule has 0 saturated carbocycles. The first kappa shape index (κ1) is 84.4. The van der Waals surface area contributed by atoms with Crippen LogP contribution >= 0.6 is 59.7 Å². The molecule has 0 aliphatic rings. The van der Waals surface area contributed by atoms with E-state index in [4.69, 9.17) is 12.6 Å². The Morgan fingerprint density at radius 2 is 0.467 bits per heavy atom. The zero-order valence-corrected chi connectivity index (χ0v) is 68.9. The highest BCUT2D eigenvalue weighted by atomic mass is 32.2. The van der Waals surface area contributed by atoms with Crippen LogP contribution in [0.2, 0.25) is 0 Å². The molecular weight excluding hydrogens is 1400 g/mol. The van der Waals surface area contributed by atoms with Gasteiger partial charge in [-0.1, -0.05) is 382 Å². The van der Waals surface area contributed by atoms with Crippen LogP contribution in [0, 0.1) is 0 Å². The molecule has 107 heavy (non-hydrogen) atoms. The third kappa shape index (κ3) is 28.7. The lowest BCUT2D eigenvalue weighted by molar-refractivity contribution is 0.102. The highest BCUT2D eigenvalue weighted by molar-refractivity contribution is 8.01. The number of hydrogen-bond acceptors (Lipinski definition) is 9. The smallest absolute Gasteiger partial charge is 0.194 e. The molecule has 0 fully saturated rings. The maximum Gasteiger partial charge on any atom is 0.194 e. The Labute approximate surface area is 666 Å². The van der Waals surface area contributed by atoms with Crippen molar-refractivity contribution in [2.75, 3.05) is 0 Å². The number of benzene rings is 9. The van der Waals surface area contributed by atoms with E-state index in [-0.39, 0.29) is 23.1 Å². The van der Waals surface area contributed by atoms with Crippen molar-refractivity contribution >= 4 is 82.8 Å². The molecule has 0 bridgehead atoms. The summed E-state index contributed by atoms with van der Waals surface area (Å²) in [5.41, 5.74) is 9.03. The van der Waals surface area contributed by atoms with E-state index in [0.717, 1.165) is 90.5 Å². The molecule has 0 N–H and O–H groups in total. The summed E-state index contributed by atoms with van der Waals surface area (Å²) in [6.45, 7) is 9.05. The van der Waals surface area contributed by atoms with Crippen molar-refractivity contribution < 1.29 is 19.2 Å². The summed E-state index contributed by atoms with van der Waals surface area (Å²) < 4.78 is 0. The monoisotopic (exact) mass is 1520 g/mol. The summed E-state index contributed by atoms with van der Waals surface area (Å²) in [6.07, 6.45) is 44.1. The Morgan fingerprint density at radius 1 is 0.234 bits per heavy atom. The largest absolute Gasteiger partial charge is 0.289 e. The highest BCUT2D eigenvalue weighted by Gasteiger charge is 2.26. The molecule has 564 valence electrons. The molecule has 0 spiro atoms. The van der Waals surface area contributed by atoms with Crippen LogP contribution in [-0.4, -0.2) is 23.1 Å². The van der Waals surface area contributed by atoms with Gasteiger partial charge in [0.2, 0.25) is 0 Å². The number of carbonyl (C=O) groups is 4. The summed E-state index contributed by atoms with van der Waals surface area (Å²) >= 11 is 10.8. The fraction of sp³-hybridized carbons (Fsp3) is 0.408. The molecule has 0 unspecified atom stereocenters. The van der Waals surface area contributed by atoms with Crippen LogP contribution in [0.15, 0.2) is 244 Å². The highest BCUT2D eigenvalue weighted by Crippen LogP contribution is 2.44. The summed E-state index contributed by atoms with van der Waals surface area (Å²) in [7, 11) is 0. The lowest BCUT2D eigenvalue weighted by Gasteiger charge is -2.17. The van der Waals surface area contributed by atoms with Crippen molar-refractivity contribution in [1.29, 1.82) is 0 Å². The standard InChI is InChI=1S/C98H118O4S5/c1-5-9-13-17-21-25-29-34-42-74-52-60-78(61-53-74)95(99)87-70-89(97(101)80-64-56-76(57-65-80)44-36-31-27-23-19-15-11-7-3)93(72-91(87)104-83-47-38-33-39-48-83)106-85-50-41-51-86(69-85)107-94-73-92(105-84-49-40-46-82(103)68-84)88(96(100)79-62-54-75(55-63-79)43-35-30-26-22-18-14-10-6-2)71-90(94)98(102)81-66-58-77(59-67-81)45-37-32-28-24-20-16-12-8-4/h33,38-41,46-73,103H,5-32,34-37,42-45H2,1-4H3. The molecule has 0 amide bonds. The second kappa shape index (κ2) is 48.1. The van der Waals surface area contributed by atoms with Gasteiger partial charge in [-0.15, -0.1) is 12.6 Å². The summed E-state index contributed by atoms with van der Waals surface area (Å²) in [4.78, 5) is 69.1. The Hall–Kier alpha value is -6.59. The third-order valence-corrected chi connectivity index (χ3v) is 25.0. The molecule has 9 rings (SSSR count). The quantitative estimate of drug-likeness (QED) is 0.0230. The second-order valence-electron chi connectivity index (χ2n) is 29.4. The predicted octanol–water partition coefficient (Wildman–Crippen LogP) is 30.2. The van der Waals surface area contributed by atoms with E-state index in [1.165, 1.54) is 249 Å². The Bertz CT molecular complexity index is 4140. The zero-order chi connectivity index (χ0) is 75.1. The first-order valence-corrected chi connectivity index (χ1v) is 44.8. The molecule has 0 heterocycles. The van der Waals surface area contributed by atoms with E-state index in [1.54, 1.807) is 0 Å². The molecule has 0 aliphatic carbocycles. The van der Waals surface area contributed by atoms with Gasteiger partial charge in [0.15, 0.2) is 23.1 Å². The molecule has 0 atom stereocenters. The summed E-state index contributed by atoms with van der Waals surface area (Å²) in [6, 6.07) is 66.8. The molecule has 9 aromatic carbocycles. The SMILES string of the molecule is CCCCCCCCCCc1ccc(C(=O)c2cc(C(=O)c3ccc(CCCCCCCCCC)cc3)c(Sc3cccc(Sc4cc(Sc5cccc(S)c5)c(C(=O)c5ccc(CCCCCCCCCC)cc5)cc4C(=O)c4ccc(CCCCCCCCCC)cc4)c3)cc2Sc2ccccc2)cc1. The maximum atomic E-state index is 15.5. The van der Waals surface area contributed by atoms with Crippen molar-refractivity contribution in [3.63, 3.8) is 0 Å². The van der Waals surface area contributed by atoms with Gasteiger partial charge in [0, 0.05) is 88.6 Å². The minimum absolute atomic E-state index is 0.127. The van der Waals surface area contributed by atoms with Crippen LogP contribution in [0.1, 0.15) is 319 Å². The molecule has 0 saturated heterocycles. The molecule has 0 aromatic heterocycles. The van der Waals surface area contributed by atoms with Crippen LogP contribution in [0.4, 0.5) is 0 Å². The first-order valence-electron chi connectivity index (χ1n) is 41.1. The van der Waals surface area contributed by atoms with Gasteiger partial charge in [-0.2, -0.15) is 0 Å². The molecule has 0 radical (unpaired) electrons. The van der Waals surface area contributed by atoms with Gasteiger partial charge < -0.3 is 0 Å². The van der Waals surface area contributed by atoms with E-state index >= 15 is 19.2 Å². The van der Waals surface area contributed by atoms with Gasteiger partial charge in [-0.25, -0.2) is 0 Å². The lowest BCUT2D eigenvalue weighted by Crippen LogP contribution is -2.10. The van der Waals surface area contributed by atoms with Crippen molar-refractivity contribution in [2.24, 2.45) is 0 Å². The molecular formula is C98H118O4S5. The van der Waals surface area contributed by atoms with E-state index < -0.39 is 0 Å². The number of hydrogen-bond donors (Lipinski definition) is 1. The average Bonchev–Trinajstić information content (AvgIpc) is 0.783. The van der Waals surface area contributed by atoms with Gasteiger partial charge in [0.25, 0.3) is 0 Å². The average molecular weight is 1520 g/mol. The number of ketones is 4. The van der Waals surface area contributed by atoms with Crippen molar-refractivity contribution in [3.05, 3.63) is 267 Å². The first-order chi connectivity index (χ1) is 52.5. The van der Waals surface area contributed by atoms with Gasteiger partial charge >= 0.3 is 0 Å². The number of thiol groups is 1. The van der Waals surface area contributed by atoms with Gasteiger partial charge in [0.05, 0.1) is 0 Å². The van der Waals surface area contributed by atoms with Crippen LogP contribution in [-0.2, 0) is 25.7 Å². The van der Waals surface area contributed by atoms with E-state index in [1.807, 2.05) is 115 Å². The minimum Gasteiger partial charge on any atom is -0.289 e. The predicted molar refractivity (Wildman–Crippen MR) is 461 cm³/mol. The normalized spacial score (nSPS) is 11.4. The van der Waals surface area contributed by atoms with Crippen LogP contribution in [0.3, 0.4) is 0 Å². The number of aryl methyl sites for hydroxylation is 4. The van der Waals surface area contributed by atoms with Crippen molar-refractivity contribution in [3.8, 4) is 0 Å². The van der Waals surface area contributed by atoms with E-state index in [9.17, 15) is 0 Å². The van der Waals surface area contributed by atoms with E-state index in [2.05, 4.69) is 113 Å². The van der Waals surface area contributed by atoms with Crippen molar-refractivity contribution in [2.45, 2.75) is 303 Å². The Morgan fingerprint density at radius 3 is 0.738 bits per heavy atom. The summed E-state index contributed by atoms with van der Waals surface area (Å²) in [5.74, 6) is -0.571. The second-order valence-corrected chi connectivity index (χ2v) is 34.4. The van der Waals surface area contributed by atoms with Crippen molar-refractivity contribution in [1.82, 2.24) is 0 Å². The Balaban J connectivity index is 1.06. The maximum absolute atomic E-state index is 15.5. The lowest BCUT2D eigenvalue weighted by atomic mass is 9.95. The van der Waals surface area contributed by atoms with E-state index in [0.29, 0.717) is 49.4 Å². The molecule has 4 nitrogen and oxygen atoms in total.